The van der Waals surface area contributed by atoms with Crippen LogP contribution in [0.25, 0.3) is 11.0 Å². The quantitative estimate of drug-likeness (QED) is 0.257. The summed E-state index contributed by atoms with van der Waals surface area (Å²) in [5.41, 5.74) is 5.80. The van der Waals surface area contributed by atoms with Crippen LogP contribution < -0.4 is 16.3 Å². The van der Waals surface area contributed by atoms with E-state index < -0.39 is 32.9 Å². The lowest BCUT2D eigenvalue weighted by Crippen LogP contribution is -2.42. The molecule has 0 spiro atoms. The van der Waals surface area contributed by atoms with Gasteiger partial charge in [0.15, 0.2) is 5.69 Å². The summed E-state index contributed by atoms with van der Waals surface area (Å²) in [6.07, 6.45) is 1.40. The molecule has 1 atom stereocenters. The van der Waals surface area contributed by atoms with E-state index in [1.54, 1.807) is 13.0 Å². The van der Waals surface area contributed by atoms with Crippen molar-refractivity contribution >= 4 is 57.7 Å². The van der Waals surface area contributed by atoms with Crippen LogP contribution in [0.1, 0.15) is 38.6 Å². The molecule has 4 rings (SSSR count). The minimum absolute atomic E-state index is 0.0116. The maximum absolute atomic E-state index is 13.9. The van der Waals surface area contributed by atoms with Crippen LogP contribution in [0.15, 0.2) is 48.5 Å². The van der Waals surface area contributed by atoms with Gasteiger partial charge in [0.05, 0.1) is 34.6 Å². The zero-order valence-electron chi connectivity index (χ0n) is 20.5. The molecule has 1 aliphatic rings. The van der Waals surface area contributed by atoms with Crippen LogP contribution in [0.5, 0.6) is 0 Å². The number of carbonyl (C=O) groups is 3. The lowest BCUT2D eigenvalue weighted by atomic mass is 10.1. The number of non-ortho nitro benzene ring substituents is 2. The Balaban J connectivity index is 2.09. The van der Waals surface area contributed by atoms with Crippen molar-refractivity contribution in [3.63, 3.8) is 0 Å². The number of benzene rings is 2. The van der Waals surface area contributed by atoms with Gasteiger partial charge in [-0.25, -0.2) is 9.59 Å². The Morgan fingerprint density at radius 2 is 1.72 bits per heavy atom. The molecule has 14 heteroatoms. The molecular formula is C25H20N4O9S. The normalized spacial score (nSPS) is 15.0. The number of ether oxygens (including phenoxy) is 2. The third kappa shape index (κ3) is 4.96. The molecule has 200 valence electrons. The predicted octanol–water partition coefficient (Wildman–Crippen LogP) is 2.30. The molecule has 2 aromatic carbocycles. The third-order valence-corrected chi connectivity index (χ3v) is 7.06. The van der Waals surface area contributed by atoms with Gasteiger partial charge >= 0.3 is 11.9 Å². The van der Waals surface area contributed by atoms with E-state index in [1.165, 1.54) is 48.5 Å². The number of carbonyl (C=O) groups excluding carboxylic acids is 3. The van der Waals surface area contributed by atoms with Crippen LogP contribution in [0.4, 0.5) is 17.1 Å². The van der Waals surface area contributed by atoms with Gasteiger partial charge < -0.3 is 15.2 Å². The molecule has 0 saturated heterocycles. The molecule has 0 amide bonds. The number of hydrogen-bond donors (Lipinski definition) is 1. The van der Waals surface area contributed by atoms with E-state index in [0.29, 0.717) is 5.56 Å². The monoisotopic (exact) mass is 552 g/mol. The Labute approximate surface area is 223 Å². The van der Waals surface area contributed by atoms with Crippen LogP contribution in [0, 0.1) is 20.2 Å². The number of nitro groups is 2. The summed E-state index contributed by atoms with van der Waals surface area (Å²) in [4.78, 5) is 61.2. The minimum atomic E-state index is -1.18. The molecule has 3 aromatic rings. The highest BCUT2D eigenvalue weighted by Gasteiger charge is 2.38. The zero-order chi connectivity index (χ0) is 28.4. The van der Waals surface area contributed by atoms with Crippen molar-refractivity contribution in [2.75, 3.05) is 19.5 Å². The van der Waals surface area contributed by atoms with Crippen molar-refractivity contribution in [3.8, 4) is 0 Å². The number of methoxy groups -OCH3 is 1. The number of anilines is 1. The van der Waals surface area contributed by atoms with Gasteiger partial charge in [-0.3, -0.25) is 29.6 Å². The topological polar surface area (TPSA) is 187 Å². The number of esters is 2. The molecule has 0 bridgehead atoms. The first kappa shape index (κ1) is 27.1. The second-order valence-corrected chi connectivity index (χ2v) is 9.20. The smallest absolute Gasteiger partial charge is 0.357 e. The summed E-state index contributed by atoms with van der Waals surface area (Å²) in [7, 11) is 1.09. The molecule has 0 saturated carbocycles. The second kappa shape index (κ2) is 10.8. The standard InChI is InChI=1S/C25H20N4O9S/c1-3-38-25(32)22-19-17(11-13-6-4-8-15(10-13)28(33)34)18(26)20(24(31)37-2)27(19)23(30)21(39-22)14-7-5-9-16(12-14)29(35)36/h4-12,21H,3,26H2,1-2H3/b17-11+/t21-/m1/s1. The minimum Gasteiger partial charge on any atom is -0.464 e. The first-order valence-electron chi connectivity index (χ1n) is 11.3. The van der Waals surface area contributed by atoms with Crippen LogP contribution in [0.2, 0.25) is 0 Å². The molecule has 0 unspecified atom stereocenters. The van der Waals surface area contributed by atoms with E-state index >= 15 is 0 Å². The maximum atomic E-state index is 13.9. The van der Waals surface area contributed by atoms with Gasteiger partial charge in [0.25, 0.3) is 11.4 Å². The zero-order valence-corrected chi connectivity index (χ0v) is 21.3. The molecule has 0 aliphatic carbocycles. The van der Waals surface area contributed by atoms with Crippen LogP contribution in [-0.4, -0.2) is 46.0 Å². The Bertz CT molecular complexity index is 1680. The van der Waals surface area contributed by atoms with Crippen molar-refractivity contribution in [1.82, 2.24) is 4.57 Å². The number of nitrogen functional groups attached to an aromatic ring is 1. The van der Waals surface area contributed by atoms with E-state index in [4.69, 9.17) is 15.2 Å². The Kier molecular flexibility index (Phi) is 7.49. The molecule has 0 radical (unpaired) electrons. The van der Waals surface area contributed by atoms with Gasteiger partial charge in [-0.15, -0.1) is 0 Å². The molecule has 1 aromatic heterocycles. The van der Waals surface area contributed by atoms with Gasteiger partial charge in [-0.05, 0) is 24.1 Å². The molecule has 0 fully saturated rings. The molecular weight excluding hydrogens is 532 g/mol. The molecule has 39 heavy (non-hydrogen) atoms. The van der Waals surface area contributed by atoms with E-state index in [0.717, 1.165) is 23.4 Å². The molecule has 2 heterocycles. The van der Waals surface area contributed by atoms with Gasteiger partial charge in [-0.1, -0.05) is 36.0 Å². The van der Waals surface area contributed by atoms with Crippen LogP contribution >= 0.6 is 11.8 Å². The third-order valence-electron chi connectivity index (χ3n) is 5.76. The predicted molar refractivity (Wildman–Crippen MR) is 140 cm³/mol. The average Bonchev–Trinajstić information content (AvgIpc) is 3.21. The number of hydrogen-bond acceptors (Lipinski definition) is 11. The second-order valence-electron chi connectivity index (χ2n) is 8.09. The fourth-order valence-corrected chi connectivity index (χ4v) is 5.28. The summed E-state index contributed by atoms with van der Waals surface area (Å²) >= 11 is 0.791. The number of nitro benzene ring substituents is 2. The Morgan fingerprint density at radius 3 is 2.33 bits per heavy atom. The van der Waals surface area contributed by atoms with E-state index in [1.807, 2.05) is 0 Å². The highest BCUT2D eigenvalue weighted by atomic mass is 32.2. The highest BCUT2D eigenvalue weighted by molar-refractivity contribution is 8.10. The first-order valence-corrected chi connectivity index (χ1v) is 12.2. The Morgan fingerprint density at radius 1 is 1.08 bits per heavy atom. The molecule has 2 N–H and O–H groups in total. The number of fused-ring (bicyclic) bond motifs is 1. The summed E-state index contributed by atoms with van der Waals surface area (Å²) in [5, 5.41) is 21.4. The fraction of sp³-hybridized carbons (Fsp3) is 0.160. The first-order chi connectivity index (χ1) is 18.6. The van der Waals surface area contributed by atoms with E-state index in [-0.39, 0.29) is 50.4 Å². The van der Waals surface area contributed by atoms with Crippen LogP contribution in [-0.2, 0) is 14.3 Å². The van der Waals surface area contributed by atoms with Crippen molar-refractivity contribution in [3.05, 3.63) is 96.1 Å². The van der Waals surface area contributed by atoms with Crippen molar-refractivity contribution in [2.45, 2.75) is 12.2 Å². The van der Waals surface area contributed by atoms with Gasteiger partial charge in [0.1, 0.15) is 10.2 Å². The summed E-state index contributed by atoms with van der Waals surface area (Å²) < 4.78 is 11.0. The summed E-state index contributed by atoms with van der Waals surface area (Å²) in [5.74, 6) is -2.52. The van der Waals surface area contributed by atoms with Crippen molar-refractivity contribution in [2.24, 2.45) is 0 Å². The lowest BCUT2D eigenvalue weighted by molar-refractivity contribution is -0.385. The van der Waals surface area contributed by atoms with Gasteiger partial charge in [0, 0.05) is 29.5 Å². The molecule has 13 nitrogen and oxygen atoms in total. The number of thioether (sulfide) groups is 1. The summed E-state index contributed by atoms with van der Waals surface area (Å²) in [6, 6.07) is 10.9. The fourth-order valence-electron chi connectivity index (χ4n) is 4.09. The van der Waals surface area contributed by atoms with Gasteiger partial charge in [0.2, 0.25) is 5.91 Å². The van der Waals surface area contributed by atoms with E-state index in [2.05, 4.69) is 0 Å². The number of nitrogens with zero attached hydrogens (tertiary/aromatic N) is 3. The maximum Gasteiger partial charge on any atom is 0.357 e. The number of nitrogens with two attached hydrogens (primary N) is 1. The summed E-state index contributed by atoms with van der Waals surface area (Å²) in [6.45, 7) is 1.57. The van der Waals surface area contributed by atoms with E-state index in [9.17, 15) is 34.6 Å². The lowest BCUT2D eigenvalue weighted by Gasteiger charge is -2.23. The Hall–Kier alpha value is -4.98. The van der Waals surface area contributed by atoms with Crippen molar-refractivity contribution in [1.29, 1.82) is 0 Å². The largest absolute Gasteiger partial charge is 0.464 e. The van der Waals surface area contributed by atoms with Gasteiger partial charge in [-0.2, -0.15) is 0 Å². The number of aromatic nitrogens is 1. The molecule has 1 aliphatic heterocycles. The number of rotatable bonds is 7. The average molecular weight is 553 g/mol. The van der Waals surface area contributed by atoms with Crippen LogP contribution in [0.3, 0.4) is 0 Å². The highest BCUT2D eigenvalue weighted by Crippen LogP contribution is 2.40. The SMILES string of the molecule is CCOC(=O)C1=c2/c(=C/c3cccc([N+](=O)[O-])c3)c(N)c(C(=O)OC)n2C(=O)[C@@H](c2cccc([N+](=O)[O-])c2)S1. The van der Waals surface area contributed by atoms with Crippen molar-refractivity contribution < 1.29 is 33.7 Å².